The van der Waals surface area contributed by atoms with E-state index in [0.29, 0.717) is 0 Å². The molecule has 0 radical (unpaired) electrons. The van der Waals surface area contributed by atoms with Gasteiger partial charge < -0.3 is 0 Å². The lowest BCUT2D eigenvalue weighted by atomic mass is 9.67. The van der Waals surface area contributed by atoms with Gasteiger partial charge in [-0.05, 0) is 85.0 Å². The van der Waals surface area contributed by atoms with Crippen LogP contribution in [0.2, 0.25) is 0 Å². The highest BCUT2D eigenvalue weighted by atomic mass is 14.7. The topological polar surface area (TPSA) is 12.9 Å². The molecule has 1 heteroatoms. The monoisotopic (exact) mass is 699 g/mol. The van der Waals surface area contributed by atoms with E-state index in [-0.39, 0.29) is 0 Å². The minimum Gasteiger partial charge on any atom is -0.248 e. The van der Waals surface area contributed by atoms with Crippen molar-refractivity contribution in [3.8, 4) is 67.0 Å². The first kappa shape index (κ1) is 32.6. The Morgan fingerprint density at radius 1 is 0.255 bits per heavy atom. The predicted molar refractivity (Wildman–Crippen MR) is 229 cm³/mol. The van der Waals surface area contributed by atoms with Gasteiger partial charge in [-0.3, -0.25) is 0 Å². The summed E-state index contributed by atoms with van der Waals surface area (Å²) in [4.78, 5) is 5.13. The molecule has 0 aliphatic heterocycles. The fraction of sp³-hybridized carbons (Fsp3) is 0.0185. The number of hydrogen-bond donors (Lipinski definition) is 0. The number of nitrogens with zero attached hydrogens (tertiary/aromatic N) is 1. The van der Waals surface area contributed by atoms with Crippen molar-refractivity contribution in [1.29, 1.82) is 0 Å². The molecule has 1 aliphatic rings. The van der Waals surface area contributed by atoms with E-state index in [9.17, 15) is 0 Å². The molecule has 0 spiro atoms. The van der Waals surface area contributed by atoms with Crippen molar-refractivity contribution in [2.45, 2.75) is 5.41 Å². The lowest BCUT2D eigenvalue weighted by Gasteiger charge is -2.34. The Labute approximate surface area is 322 Å². The minimum atomic E-state index is -0.413. The summed E-state index contributed by atoms with van der Waals surface area (Å²) >= 11 is 0. The Balaban J connectivity index is 1.00. The third-order valence-corrected chi connectivity index (χ3v) is 11.2. The highest BCUT2D eigenvalue weighted by Gasteiger charge is 2.46. The maximum atomic E-state index is 5.13. The maximum Gasteiger partial charge on any atom is 0.0715 e. The molecule has 9 aromatic rings. The molecule has 0 saturated heterocycles. The van der Waals surface area contributed by atoms with Crippen LogP contribution in [0.3, 0.4) is 0 Å². The first-order chi connectivity index (χ1) is 27.3. The predicted octanol–water partition coefficient (Wildman–Crippen LogP) is 13.8. The van der Waals surface area contributed by atoms with Gasteiger partial charge in [0.25, 0.3) is 0 Å². The van der Waals surface area contributed by atoms with Gasteiger partial charge in [0.15, 0.2) is 0 Å². The zero-order valence-electron chi connectivity index (χ0n) is 30.3. The van der Waals surface area contributed by atoms with Crippen molar-refractivity contribution in [2.24, 2.45) is 0 Å². The summed E-state index contributed by atoms with van der Waals surface area (Å²) in [6, 6.07) is 81.2. The molecule has 1 heterocycles. The Kier molecular flexibility index (Phi) is 8.12. The fourth-order valence-electron chi connectivity index (χ4n) is 8.55. The zero-order chi connectivity index (χ0) is 36.6. The third kappa shape index (κ3) is 5.69. The van der Waals surface area contributed by atoms with E-state index in [1.165, 1.54) is 61.2 Å². The van der Waals surface area contributed by atoms with Crippen LogP contribution in [0, 0.1) is 0 Å². The Hall–Kier alpha value is -7.09. The summed E-state index contributed by atoms with van der Waals surface area (Å²) < 4.78 is 0. The second-order valence-electron chi connectivity index (χ2n) is 14.3. The zero-order valence-corrected chi connectivity index (χ0v) is 30.3. The number of fused-ring (bicyclic) bond motifs is 3. The van der Waals surface area contributed by atoms with Gasteiger partial charge in [0.05, 0.1) is 16.8 Å². The van der Waals surface area contributed by atoms with Crippen LogP contribution < -0.4 is 0 Å². The Bertz CT molecular complexity index is 2660. The van der Waals surface area contributed by atoms with E-state index >= 15 is 0 Å². The Morgan fingerprint density at radius 3 is 1.20 bits per heavy atom. The number of rotatable bonds is 7. The average Bonchev–Trinajstić information content (AvgIpc) is 3.58. The quantitative estimate of drug-likeness (QED) is 0.161. The molecule has 0 saturated carbocycles. The number of benzene rings is 8. The van der Waals surface area contributed by atoms with Gasteiger partial charge in [0.1, 0.15) is 0 Å². The van der Waals surface area contributed by atoms with Crippen molar-refractivity contribution in [3.05, 3.63) is 247 Å². The van der Waals surface area contributed by atoms with Gasteiger partial charge >= 0.3 is 0 Å². The number of hydrogen-bond acceptors (Lipinski definition) is 1. The van der Waals surface area contributed by atoms with Crippen LogP contribution in [-0.4, -0.2) is 4.98 Å². The largest absolute Gasteiger partial charge is 0.248 e. The second kappa shape index (κ2) is 13.7. The van der Waals surface area contributed by atoms with Crippen LogP contribution in [-0.2, 0) is 5.41 Å². The van der Waals surface area contributed by atoms with E-state index < -0.39 is 5.41 Å². The maximum absolute atomic E-state index is 5.13. The van der Waals surface area contributed by atoms with Crippen LogP contribution in [0.25, 0.3) is 67.0 Å². The molecule has 0 atom stereocenters. The van der Waals surface area contributed by atoms with Crippen molar-refractivity contribution in [3.63, 3.8) is 0 Å². The van der Waals surface area contributed by atoms with Gasteiger partial charge in [-0.25, -0.2) is 4.98 Å². The van der Waals surface area contributed by atoms with E-state index in [1.807, 2.05) is 6.07 Å². The van der Waals surface area contributed by atoms with E-state index in [2.05, 4.69) is 218 Å². The highest BCUT2D eigenvalue weighted by molar-refractivity contribution is 5.88. The van der Waals surface area contributed by atoms with E-state index in [1.54, 1.807) is 0 Å². The smallest absolute Gasteiger partial charge is 0.0715 e. The van der Waals surface area contributed by atoms with Gasteiger partial charge in [0.2, 0.25) is 0 Å². The van der Waals surface area contributed by atoms with Crippen molar-refractivity contribution in [1.82, 2.24) is 4.98 Å². The summed E-state index contributed by atoms with van der Waals surface area (Å²) in [7, 11) is 0. The second-order valence-corrected chi connectivity index (χ2v) is 14.3. The van der Waals surface area contributed by atoms with Crippen LogP contribution in [0.1, 0.15) is 22.3 Å². The molecular formula is C54H37N. The molecule has 0 N–H and O–H groups in total. The summed E-state index contributed by atoms with van der Waals surface area (Å²) in [6.07, 6.45) is 0. The third-order valence-electron chi connectivity index (χ3n) is 11.2. The van der Waals surface area contributed by atoms with E-state index in [4.69, 9.17) is 4.98 Å². The van der Waals surface area contributed by atoms with Crippen LogP contribution in [0.4, 0.5) is 0 Å². The summed E-state index contributed by atoms with van der Waals surface area (Å²) in [5.41, 5.74) is 18.6. The van der Waals surface area contributed by atoms with Gasteiger partial charge in [-0.2, -0.15) is 0 Å². The van der Waals surface area contributed by atoms with Crippen molar-refractivity contribution < 1.29 is 0 Å². The van der Waals surface area contributed by atoms with Crippen molar-refractivity contribution in [2.75, 3.05) is 0 Å². The lowest BCUT2D eigenvalue weighted by Crippen LogP contribution is -2.28. The molecule has 0 fully saturated rings. The fourth-order valence-corrected chi connectivity index (χ4v) is 8.55. The van der Waals surface area contributed by atoms with Crippen molar-refractivity contribution >= 4 is 0 Å². The van der Waals surface area contributed by atoms with E-state index in [0.717, 1.165) is 28.1 Å². The molecule has 0 bridgehead atoms. The standard InChI is InChI=1S/C54H37N/c1-5-15-38(16-6-1)45-36-52(42-17-7-2-8-18-42)55-53(37-45)43-31-29-40(30-32-43)39-25-27-41(28-26-39)44-33-34-49-48-23-13-14-24-50(48)54(51(49)35-44,46-19-9-3-10-20-46)47-21-11-4-12-22-47/h1-37H. The first-order valence-electron chi connectivity index (χ1n) is 19.0. The average molecular weight is 700 g/mol. The molecule has 0 unspecified atom stereocenters. The molecule has 1 nitrogen and oxygen atoms in total. The Morgan fingerprint density at radius 2 is 0.636 bits per heavy atom. The number of aromatic nitrogens is 1. The van der Waals surface area contributed by atoms with Crippen LogP contribution in [0.15, 0.2) is 224 Å². The molecule has 0 amide bonds. The van der Waals surface area contributed by atoms with Crippen LogP contribution >= 0.6 is 0 Å². The summed E-state index contributed by atoms with van der Waals surface area (Å²) in [5, 5.41) is 0. The van der Waals surface area contributed by atoms with Gasteiger partial charge in [-0.15, -0.1) is 0 Å². The molecule has 55 heavy (non-hydrogen) atoms. The SMILES string of the molecule is c1ccc(-c2cc(-c3ccccc3)nc(-c3ccc(-c4ccc(-c5ccc6c(c5)C(c5ccccc5)(c5ccccc5)c5ccccc5-6)cc4)cc3)c2)cc1. The molecule has 1 aromatic heterocycles. The van der Waals surface area contributed by atoms with Crippen LogP contribution in [0.5, 0.6) is 0 Å². The number of pyridine rings is 1. The lowest BCUT2D eigenvalue weighted by molar-refractivity contribution is 0.769. The summed E-state index contributed by atoms with van der Waals surface area (Å²) in [6.45, 7) is 0. The molecule has 258 valence electrons. The normalized spacial score (nSPS) is 12.5. The van der Waals surface area contributed by atoms with Gasteiger partial charge in [-0.1, -0.05) is 206 Å². The van der Waals surface area contributed by atoms with Gasteiger partial charge in [0, 0.05) is 11.1 Å². The minimum absolute atomic E-state index is 0.413. The molecular weight excluding hydrogens is 663 g/mol. The first-order valence-corrected chi connectivity index (χ1v) is 19.0. The molecule has 8 aromatic carbocycles. The molecule has 1 aliphatic carbocycles. The molecule has 10 rings (SSSR count). The highest BCUT2D eigenvalue weighted by Crippen LogP contribution is 2.56. The summed E-state index contributed by atoms with van der Waals surface area (Å²) in [5.74, 6) is 0.